The van der Waals surface area contributed by atoms with Crippen LogP contribution in [0, 0.1) is 0 Å². The van der Waals surface area contributed by atoms with Crippen molar-refractivity contribution in [3.8, 4) is 0 Å². The van der Waals surface area contributed by atoms with E-state index in [9.17, 15) is 4.79 Å². The van der Waals surface area contributed by atoms with E-state index in [2.05, 4.69) is 23.8 Å². The van der Waals surface area contributed by atoms with E-state index in [1.54, 1.807) is 11.3 Å². The Morgan fingerprint density at radius 3 is 3.06 bits per heavy atom. The van der Waals surface area contributed by atoms with Crippen LogP contribution in [0.1, 0.15) is 48.9 Å². The Hall–Kier alpha value is -1.16. The molecule has 0 bridgehead atoms. The number of aromatic amines is 1. The van der Waals surface area contributed by atoms with E-state index >= 15 is 0 Å². The molecule has 0 aliphatic heterocycles. The SMILES string of the molecule is CCC(C)c1nc2sc3c(c2c(=O)[nH]1)CCC3. The second-order valence-corrected chi connectivity index (χ2v) is 5.88. The topological polar surface area (TPSA) is 45.8 Å². The maximum atomic E-state index is 12.2. The first-order valence-electron chi connectivity index (χ1n) is 6.25. The molecule has 0 fully saturated rings. The van der Waals surface area contributed by atoms with Gasteiger partial charge >= 0.3 is 0 Å². The smallest absolute Gasteiger partial charge is 0.259 e. The van der Waals surface area contributed by atoms with Gasteiger partial charge < -0.3 is 4.98 Å². The number of fused-ring (bicyclic) bond motifs is 3. The van der Waals surface area contributed by atoms with Crippen LogP contribution in [0.3, 0.4) is 0 Å². The van der Waals surface area contributed by atoms with Crippen LogP contribution < -0.4 is 5.56 Å². The molecule has 0 radical (unpaired) electrons. The van der Waals surface area contributed by atoms with Gasteiger partial charge in [0.25, 0.3) is 5.56 Å². The van der Waals surface area contributed by atoms with Crippen molar-refractivity contribution >= 4 is 21.6 Å². The van der Waals surface area contributed by atoms with Crippen LogP contribution in [0.25, 0.3) is 10.2 Å². The number of H-pyrrole nitrogens is 1. The fourth-order valence-electron chi connectivity index (χ4n) is 2.45. The summed E-state index contributed by atoms with van der Waals surface area (Å²) in [5.74, 6) is 1.16. The molecule has 2 aromatic rings. The summed E-state index contributed by atoms with van der Waals surface area (Å²) in [6, 6.07) is 0. The molecule has 0 saturated heterocycles. The average molecular weight is 248 g/mol. The highest BCUT2D eigenvalue weighted by molar-refractivity contribution is 7.18. The van der Waals surface area contributed by atoms with Gasteiger partial charge in [-0.25, -0.2) is 4.98 Å². The minimum Gasteiger partial charge on any atom is -0.310 e. The zero-order chi connectivity index (χ0) is 12.0. The molecule has 3 nitrogen and oxygen atoms in total. The number of hydrogen-bond acceptors (Lipinski definition) is 3. The summed E-state index contributed by atoms with van der Waals surface area (Å²) >= 11 is 1.71. The van der Waals surface area contributed by atoms with Crippen molar-refractivity contribution in [3.05, 3.63) is 26.6 Å². The minimum absolute atomic E-state index is 0.0599. The molecule has 17 heavy (non-hydrogen) atoms. The van der Waals surface area contributed by atoms with Gasteiger partial charge in [0.2, 0.25) is 0 Å². The summed E-state index contributed by atoms with van der Waals surface area (Å²) in [5, 5.41) is 0.856. The van der Waals surface area contributed by atoms with Crippen molar-refractivity contribution in [2.45, 2.75) is 45.4 Å². The summed E-state index contributed by atoms with van der Waals surface area (Å²) in [5.41, 5.74) is 1.32. The predicted octanol–water partition coefficient (Wildman–Crippen LogP) is 2.99. The molecule has 0 spiro atoms. The van der Waals surface area contributed by atoms with Crippen LogP contribution in [0.5, 0.6) is 0 Å². The third-order valence-corrected chi connectivity index (χ3v) is 4.86. The number of thiophene rings is 1. The Bertz CT molecular complexity index is 626. The van der Waals surface area contributed by atoms with E-state index < -0.39 is 0 Å². The Labute approximate surface area is 104 Å². The molecule has 1 aliphatic rings. The van der Waals surface area contributed by atoms with Gasteiger partial charge in [0.1, 0.15) is 10.7 Å². The van der Waals surface area contributed by atoms with Gasteiger partial charge in [0, 0.05) is 10.8 Å². The number of hydrogen-bond donors (Lipinski definition) is 1. The van der Waals surface area contributed by atoms with Crippen LogP contribution in [-0.4, -0.2) is 9.97 Å². The lowest BCUT2D eigenvalue weighted by Gasteiger charge is -2.07. The average Bonchev–Trinajstić information content (AvgIpc) is 2.86. The van der Waals surface area contributed by atoms with Crippen molar-refractivity contribution in [3.63, 3.8) is 0 Å². The standard InChI is InChI=1S/C13H16N2OS/c1-3-7(2)11-14-12(16)10-8-5-4-6-9(8)17-13(10)15-11/h7H,3-6H2,1-2H3,(H,14,15,16). The molecule has 0 aromatic carbocycles. The molecule has 3 rings (SSSR count). The number of aryl methyl sites for hydroxylation is 2. The third-order valence-electron chi connectivity index (χ3n) is 3.67. The molecule has 2 aromatic heterocycles. The third kappa shape index (κ3) is 1.62. The van der Waals surface area contributed by atoms with E-state index in [0.717, 1.165) is 35.3 Å². The van der Waals surface area contributed by atoms with Gasteiger partial charge in [-0.05, 0) is 31.2 Å². The first kappa shape index (κ1) is 11.0. The summed E-state index contributed by atoms with van der Waals surface area (Å²) in [4.78, 5) is 22.1. The molecule has 1 N–H and O–H groups in total. The Balaban J connectivity index is 2.25. The Morgan fingerprint density at radius 2 is 2.29 bits per heavy atom. The van der Waals surface area contributed by atoms with Gasteiger partial charge in [-0.15, -0.1) is 11.3 Å². The van der Waals surface area contributed by atoms with Gasteiger partial charge in [-0.2, -0.15) is 0 Å². The van der Waals surface area contributed by atoms with Crippen LogP contribution in [0.15, 0.2) is 4.79 Å². The summed E-state index contributed by atoms with van der Waals surface area (Å²) in [6.45, 7) is 4.22. The second kappa shape index (κ2) is 3.95. The molecule has 90 valence electrons. The summed E-state index contributed by atoms with van der Waals surface area (Å²) in [7, 11) is 0. The van der Waals surface area contributed by atoms with Crippen molar-refractivity contribution in [2.75, 3.05) is 0 Å². The molecule has 2 heterocycles. The van der Waals surface area contributed by atoms with Crippen molar-refractivity contribution in [1.29, 1.82) is 0 Å². The summed E-state index contributed by atoms with van der Waals surface area (Å²) < 4.78 is 0. The van der Waals surface area contributed by atoms with Crippen molar-refractivity contribution in [2.24, 2.45) is 0 Å². The first-order chi connectivity index (χ1) is 8.20. The Morgan fingerprint density at radius 1 is 1.47 bits per heavy atom. The molecule has 0 amide bonds. The van der Waals surface area contributed by atoms with Crippen LogP contribution in [-0.2, 0) is 12.8 Å². The molecule has 1 aliphatic carbocycles. The van der Waals surface area contributed by atoms with E-state index in [1.807, 2.05) is 0 Å². The number of aromatic nitrogens is 2. The second-order valence-electron chi connectivity index (χ2n) is 4.80. The molecule has 1 atom stereocenters. The zero-order valence-corrected chi connectivity index (χ0v) is 11.0. The van der Waals surface area contributed by atoms with Crippen molar-refractivity contribution < 1.29 is 0 Å². The fraction of sp³-hybridized carbons (Fsp3) is 0.538. The van der Waals surface area contributed by atoms with Crippen molar-refractivity contribution in [1.82, 2.24) is 9.97 Å². The molecule has 4 heteroatoms. The van der Waals surface area contributed by atoms with Crippen LogP contribution >= 0.6 is 11.3 Å². The van der Waals surface area contributed by atoms with Gasteiger partial charge in [-0.3, -0.25) is 4.79 Å². The largest absolute Gasteiger partial charge is 0.310 e. The van der Waals surface area contributed by atoms with E-state index in [4.69, 9.17) is 0 Å². The monoisotopic (exact) mass is 248 g/mol. The number of nitrogens with zero attached hydrogens (tertiary/aromatic N) is 1. The highest BCUT2D eigenvalue weighted by Gasteiger charge is 2.21. The normalized spacial score (nSPS) is 16.4. The molecule has 1 unspecified atom stereocenters. The van der Waals surface area contributed by atoms with E-state index in [-0.39, 0.29) is 5.56 Å². The van der Waals surface area contributed by atoms with E-state index in [0.29, 0.717) is 5.92 Å². The number of rotatable bonds is 2. The maximum absolute atomic E-state index is 12.2. The lowest BCUT2D eigenvalue weighted by Crippen LogP contribution is -2.13. The highest BCUT2D eigenvalue weighted by Crippen LogP contribution is 2.34. The fourth-order valence-corrected chi connectivity index (χ4v) is 3.71. The quantitative estimate of drug-likeness (QED) is 0.888. The van der Waals surface area contributed by atoms with Gasteiger partial charge in [0.15, 0.2) is 0 Å². The zero-order valence-electron chi connectivity index (χ0n) is 10.2. The van der Waals surface area contributed by atoms with Crippen LogP contribution in [0.4, 0.5) is 0 Å². The minimum atomic E-state index is 0.0599. The van der Waals surface area contributed by atoms with Gasteiger partial charge in [0.05, 0.1) is 5.39 Å². The van der Waals surface area contributed by atoms with E-state index in [1.165, 1.54) is 16.9 Å². The van der Waals surface area contributed by atoms with Gasteiger partial charge in [-0.1, -0.05) is 13.8 Å². The Kier molecular flexibility index (Phi) is 2.54. The lowest BCUT2D eigenvalue weighted by atomic mass is 10.1. The highest BCUT2D eigenvalue weighted by atomic mass is 32.1. The summed E-state index contributed by atoms with van der Waals surface area (Å²) in [6.07, 6.45) is 4.35. The maximum Gasteiger partial charge on any atom is 0.259 e. The molecular weight excluding hydrogens is 232 g/mol. The predicted molar refractivity (Wildman–Crippen MR) is 71.0 cm³/mol. The van der Waals surface area contributed by atoms with Crippen LogP contribution in [0.2, 0.25) is 0 Å². The first-order valence-corrected chi connectivity index (χ1v) is 7.06. The molecular formula is C13H16N2OS. The number of nitrogens with one attached hydrogen (secondary N) is 1. The lowest BCUT2D eigenvalue weighted by molar-refractivity contribution is 0.680. The molecule has 0 saturated carbocycles.